The number of carbonyl (C=O) groups is 1. The van der Waals surface area contributed by atoms with Crippen LogP contribution in [-0.4, -0.2) is 29.7 Å². The van der Waals surface area contributed by atoms with Crippen LogP contribution < -0.4 is 15.6 Å². The van der Waals surface area contributed by atoms with Crippen LogP contribution in [0.25, 0.3) is 6.08 Å². The predicted molar refractivity (Wildman–Crippen MR) is 116 cm³/mol. The highest BCUT2D eigenvalue weighted by Gasteiger charge is 2.15. The van der Waals surface area contributed by atoms with Crippen LogP contribution in [0.4, 0.5) is 24.8 Å². The lowest BCUT2D eigenvalue weighted by atomic mass is 10.1. The van der Waals surface area contributed by atoms with Gasteiger partial charge in [0, 0.05) is 11.8 Å². The summed E-state index contributed by atoms with van der Waals surface area (Å²) in [6.07, 6.45) is 4.13. The largest absolute Gasteiger partial charge is 0.490 e. The zero-order valence-corrected chi connectivity index (χ0v) is 18.0. The molecule has 7 nitrogen and oxygen atoms in total. The molecule has 0 bridgehead atoms. The average molecular weight is 459 g/mol. The minimum absolute atomic E-state index is 0.0585. The highest BCUT2D eigenvalue weighted by molar-refractivity contribution is 5.87. The van der Waals surface area contributed by atoms with Crippen molar-refractivity contribution in [2.24, 2.45) is 0 Å². The van der Waals surface area contributed by atoms with Crippen molar-refractivity contribution < 1.29 is 27.4 Å². The molecule has 0 saturated heterocycles. The number of hydrogen-bond acceptors (Lipinski definition) is 6. The molecule has 33 heavy (non-hydrogen) atoms. The Hall–Kier alpha value is -4.08. The zero-order chi connectivity index (χ0) is 24.1. The van der Waals surface area contributed by atoms with E-state index in [4.69, 9.17) is 4.74 Å². The molecular weight excluding hydrogens is 439 g/mol. The molecule has 1 aromatic heterocycles. The van der Waals surface area contributed by atoms with Crippen molar-refractivity contribution in [1.29, 1.82) is 0 Å². The maximum Gasteiger partial charge on any atom is 0.330 e. The van der Waals surface area contributed by atoms with Gasteiger partial charge in [0.25, 0.3) is 0 Å². The summed E-state index contributed by atoms with van der Waals surface area (Å²) >= 11 is 0. The Morgan fingerprint density at radius 1 is 1.15 bits per heavy atom. The van der Waals surface area contributed by atoms with Crippen LogP contribution in [0.2, 0.25) is 0 Å². The van der Waals surface area contributed by atoms with E-state index in [-0.39, 0.29) is 23.8 Å². The van der Waals surface area contributed by atoms with Gasteiger partial charge in [-0.05, 0) is 47.9 Å². The van der Waals surface area contributed by atoms with Crippen LogP contribution in [0, 0.1) is 24.4 Å². The normalized spacial score (nSPS) is 11.0. The lowest BCUT2D eigenvalue weighted by Gasteiger charge is -2.17. The van der Waals surface area contributed by atoms with Crippen molar-refractivity contribution in [3.63, 3.8) is 0 Å². The summed E-state index contributed by atoms with van der Waals surface area (Å²) in [4.78, 5) is 27.6. The summed E-state index contributed by atoms with van der Waals surface area (Å²) in [5.41, 5.74) is 1.46. The van der Waals surface area contributed by atoms with Crippen LogP contribution in [-0.2, 0) is 16.1 Å². The summed E-state index contributed by atoms with van der Waals surface area (Å²) in [7, 11) is 2.55. The fourth-order valence-corrected chi connectivity index (χ4v) is 2.96. The SMILES string of the molecule is COC(=O)/C=C/c1ccc(C)c(Nc2nc(=O)c(OC)cn2Cc2cc(F)c(F)c(F)c2)c1. The minimum atomic E-state index is -1.57. The third-order valence-electron chi connectivity index (χ3n) is 4.70. The summed E-state index contributed by atoms with van der Waals surface area (Å²) in [6, 6.07) is 6.99. The van der Waals surface area contributed by atoms with Gasteiger partial charge in [0.15, 0.2) is 17.5 Å². The summed E-state index contributed by atoms with van der Waals surface area (Å²) in [6.45, 7) is 1.67. The first-order chi connectivity index (χ1) is 15.7. The fourth-order valence-electron chi connectivity index (χ4n) is 2.96. The smallest absolute Gasteiger partial charge is 0.330 e. The molecule has 0 spiro atoms. The lowest BCUT2D eigenvalue weighted by Crippen LogP contribution is -2.19. The van der Waals surface area contributed by atoms with Crippen molar-refractivity contribution in [3.8, 4) is 5.75 Å². The molecule has 2 aromatic carbocycles. The van der Waals surface area contributed by atoms with Crippen molar-refractivity contribution in [1.82, 2.24) is 9.55 Å². The highest BCUT2D eigenvalue weighted by Crippen LogP contribution is 2.23. The van der Waals surface area contributed by atoms with E-state index in [0.717, 1.165) is 17.7 Å². The third-order valence-corrected chi connectivity index (χ3v) is 4.70. The number of aryl methyl sites for hydroxylation is 1. The molecule has 1 N–H and O–H groups in total. The molecular formula is C23H20F3N3O4. The van der Waals surface area contributed by atoms with Gasteiger partial charge in [-0.25, -0.2) is 18.0 Å². The zero-order valence-electron chi connectivity index (χ0n) is 18.0. The van der Waals surface area contributed by atoms with Crippen molar-refractivity contribution in [3.05, 3.63) is 87.1 Å². The fraction of sp³-hybridized carbons (Fsp3) is 0.174. The molecule has 10 heteroatoms. The van der Waals surface area contributed by atoms with E-state index in [9.17, 15) is 22.8 Å². The van der Waals surface area contributed by atoms with Gasteiger partial charge in [-0.3, -0.25) is 4.79 Å². The number of anilines is 2. The van der Waals surface area contributed by atoms with Crippen LogP contribution in [0.5, 0.6) is 5.75 Å². The van der Waals surface area contributed by atoms with E-state index in [2.05, 4.69) is 15.0 Å². The second kappa shape index (κ2) is 10.0. The van der Waals surface area contributed by atoms with Gasteiger partial charge in [0.2, 0.25) is 11.7 Å². The van der Waals surface area contributed by atoms with Crippen LogP contribution >= 0.6 is 0 Å². The molecule has 0 aliphatic rings. The van der Waals surface area contributed by atoms with E-state index >= 15 is 0 Å². The molecule has 0 aliphatic heterocycles. The molecule has 0 radical (unpaired) electrons. The Balaban J connectivity index is 2.01. The summed E-state index contributed by atoms with van der Waals surface area (Å²) < 4.78 is 51.7. The Morgan fingerprint density at radius 2 is 1.85 bits per heavy atom. The van der Waals surface area contributed by atoms with Gasteiger partial charge >= 0.3 is 11.5 Å². The second-order valence-corrected chi connectivity index (χ2v) is 7.00. The van der Waals surface area contributed by atoms with Crippen LogP contribution in [0.1, 0.15) is 16.7 Å². The second-order valence-electron chi connectivity index (χ2n) is 7.00. The maximum absolute atomic E-state index is 13.7. The number of aromatic nitrogens is 2. The molecule has 1 heterocycles. The quantitative estimate of drug-likeness (QED) is 0.327. The average Bonchev–Trinajstić information content (AvgIpc) is 2.79. The molecule has 0 aliphatic carbocycles. The van der Waals surface area contributed by atoms with Crippen LogP contribution in [0.3, 0.4) is 0 Å². The molecule has 0 fully saturated rings. The first-order valence-electron chi connectivity index (χ1n) is 9.64. The first kappa shape index (κ1) is 23.6. The minimum Gasteiger partial charge on any atom is -0.490 e. The van der Waals surface area contributed by atoms with Crippen molar-refractivity contribution >= 4 is 23.7 Å². The number of nitrogens with one attached hydrogen (secondary N) is 1. The topological polar surface area (TPSA) is 82.4 Å². The molecule has 0 unspecified atom stereocenters. The lowest BCUT2D eigenvalue weighted by molar-refractivity contribution is -0.134. The van der Waals surface area contributed by atoms with Gasteiger partial charge in [0.1, 0.15) is 0 Å². The Kier molecular flexibility index (Phi) is 7.17. The third kappa shape index (κ3) is 5.59. The molecule has 0 amide bonds. The number of esters is 1. The van der Waals surface area contributed by atoms with Gasteiger partial charge in [0.05, 0.1) is 27.0 Å². The molecule has 3 aromatic rings. The van der Waals surface area contributed by atoms with E-state index in [1.54, 1.807) is 24.3 Å². The Morgan fingerprint density at radius 3 is 2.48 bits per heavy atom. The van der Waals surface area contributed by atoms with Gasteiger partial charge in [-0.15, -0.1) is 0 Å². The molecule has 172 valence electrons. The van der Waals surface area contributed by atoms with E-state index in [0.29, 0.717) is 11.3 Å². The number of halogens is 3. The number of ether oxygens (including phenoxy) is 2. The summed E-state index contributed by atoms with van der Waals surface area (Å²) in [5.74, 6) is -4.78. The van der Waals surface area contributed by atoms with Gasteiger partial charge in [-0.1, -0.05) is 12.1 Å². The first-order valence-corrected chi connectivity index (χ1v) is 9.64. The number of benzene rings is 2. The van der Waals surface area contributed by atoms with Gasteiger partial charge in [-0.2, -0.15) is 4.98 Å². The summed E-state index contributed by atoms with van der Waals surface area (Å²) in [5, 5.41) is 3.02. The molecule has 0 atom stereocenters. The van der Waals surface area contributed by atoms with E-state index in [1.807, 2.05) is 6.92 Å². The molecule has 3 rings (SSSR count). The maximum atomic E-state index is 13.7. The number of rotatable bonds is 7. The van der Waals surface area contributed by atoms with E-state index in [1.165, 1.54) is 31.1 Å². The number of hydrogen-bond donors (Lipinski definition) is 1. The standard InChI is InChI=1S/C23H20F3N3O4/c1-13-4-5-14(6-7-20(30)33-3)10-18(13)27-23-28-22(31)19(32-2)12-29(23)11-15-8-16(24)21(26)17(25)9-15/h4-10,12H,11H2,1-3H3,(H,27,28,31)/b7-6+. The van der Waals surface area contributed by atoms with Crippen molar-refractivity contribution in [2.75, 3.05) is 19.5 Å². The Labute approximate surface area is 187 Å². The van der Waals surface area contributed by atoms with Gasteiger partial charge < -0.3 is 19.4 Å². The monoisotopic (exact) mass is 459 g/mol. The molecule has 0 saturated carbocycles. The number of carbonyl (C=O) groups excluding carboxylic acids is 1. The van der Waals surface area contributed by atoms with Crippen LogP contribution in [0.15, 0.2) is 47.4 Å². The number of methoxy groups -OCH3 is 2. The highest BCUT2D eigenvalue weighted by atomic mass is 19.2. The predicted octanol–water partition coefficient (Wildman–Crippen LogP) is 3.96. The van der Waals surface area contributed by atoms with Crippen molar-refractivity contribution in [2.45, 2.75) is 13.5 Å². The number of nitrogens with zero attached hydrogens (tertiary/aromatic N) is 2. The van der Waals surface area contributed by atoms with E-state index < -0.39 is 29.0 Å². The Bertz CT molecular complexity index is 1270.